The number of primary amides is 1. The molecule has 0 saturated carbocycles. The van der Waals surface area contributed by atoms with Crippen molar-refractivity contribution in [3.63, 3.8) is 0 Å². The molecule has 3 rings (SSSR count). The van der Waals surface area contributed by atoms with Crippen molar-refractivity contribution in [1.29, 1.82) is 0 Å². The third kappa shape index (κ3) is 7.41. The molecule has 1 saturated heterocycles. The number of hydrogen-bond donors (Lipinski definition) is 8. The van der Waals surface area contributed by atoms with Gasteiger partial charge >= 0.3 is 27.3 Å². The summed E-state index contributed by atoms with van der Waals surface area (Å²) in [7, 11) is -10.2. The first-order valence-corrected chi connectivity index (χ1v) is 17.3. The van der Waals surface area contributed by atoms with Gasteiger partial charge in [-0.25, -0.2) is 9.59 Å². The van der Waals surface area contributed by atoms with Gasteiger partial charge in [-0.2, -0.15) is 0 Å². The molecular formula is C21H28N4O13P2S2. The van der Waals surface area contributed by atoms with Gasteiger partial charge in [-0.1, -0.05) is 12.5 Å². The number of β-lactam (4-membered cyclic amide) rings is 1. The summed E-state index contributed by atoms with van der Waals surface area (Å²) < 4.78 is 27.6. The molecule has 1 aromatic rings. The Hall–Kier alpha value is -2.76. The monoisotopic (exact) mass is 670 g/mol. The number of nitrogens with two attached hydrogens (primary N) is 1. The summed E-state index contributed by atoms with van der Waals surface area (Å²) in [6.45, 7) is -0.727. The Morgan fingerprint density at radius 2 is 1.83 bits per heavy atom. The molecule has 17 nitrogen and oxygen atoms in total. The first kappa shape index (κ1) is 33.7. The zero-order valence-electron chi connectivity index (χ0n) is 21.6. The number of thioether (sulfide) groups is 1. The van der Waals surface area contributed by atoms with Crippen LogP contribution in [0.25, 0.3) is 0 Å². The average molecular weight is 671 g/mol. The molecule has 0 bridgehead atoms. The number of fused-ring (bicyclic) bond motifs is 1. The Bertz CT molecular complexity index is 1350. The van der Waals surface area contributed by atoms with Crippen molar-refractivity contribution < 1.29 is 62.5 Å². The number of rotatable bonds is 14. The second kappa shape index (κ2) is 13.3. The number of aliphatic carboxylic acids is 1. The van der Waals surface area contributed by atoms with Crippen molar-refractivity contribution in [2.24, 2.45) is 5.73 Å². The summed E-state index contributed by atoms with van der Waals surface area (Å²) in [5, 5.41) is 13.0. The van der Waals surface area contributed by atoms with E-state index in [-0.39, 0.29) is 37.1 Å². The second-order valence-corrected chi connectivity index (χ2v) is 15.3. The first-order chi connectivity index (χ1) is 19.5. The number of amides is 4. The van der Waals surface area contributed by atoms with Gasteiger partial charge in [0.15, 0.2) is 5.40 Å². The molecule has 1 unspecified atom stereocenters. The number of carboxylic acids is 1. The van der Waals surface area contributed by atoms with E-state index in [0.717, 1.165) is 16.7 Å². The largest absolute Gasteiger partial charge is 0.477 e. The molecule has 1 aromatic heterocycles. The summed E-state index contributed by atoms with van der Waals surface area (Å²) in [6, 6.07) is 3.37. The fraction of sp³-hybridized carbons (Fsp3) is 0.476. The van der Waals surface area contributed by atoms with Crippen LogP contribution < -0.4 is 16.4 Å². The van der Waals surface area contributed by atoms with Gasteiger partial charge in [0.2, 0.25) is 11.4 Å². The van der Waals surface area contributed by atoms with Crippen LogP contribution in [0.15, 0.2) is 28.8 Å². The van der Waals surface area contributed by atoms with Crippen LogP contribution in [0.4, 0.5) is 4.79 Å². The van der Waals surface area contributed by atoms with Crippen LogP contribution in [0, 0.1) is 0 Å². The van der Waals surface area contributed by atoms with Gasteiger partial charge in [0.1, 0.15) is 17.7 Å². The van der Waals surface area contributed by atoms with E-state index >= 15 is 0 Å². The molecule has 2 aliphatic rings. The highest BCUT2D eigenvalue weighted by molar-refractivity contribution is 8.00. The maximum Gasteiger partial charge on any atom is 0.404 e. The normalized spacial score (nSPS) is 20.5. The number of carboxylic acid groups (broad SMARTS) is 1. The highest BCUT2D eigenvalue weighted by atomic mass is 32.2. The van der Waals surface area contributed by atoms with Crippen LogP contribution >= 0.6 is 38.3 Å². The minimum absolute atomic E-state index is 0.00788. The number of thiophene rings is 1. The van der Waals surface area contributed by atoms with Crippen molar-refractivity contribution in [2.75, 3.05) is 18.9 Å². The van der Waals surface area contributed by atoms with Gasteiger partial charge < -0.3 is 45.8 Å². The van der Waals surface area contributed by atoms with Crippen LogP contribution in [-0.2, 0) is 39.5 Å². The molecule has 1 fully saturated rings. The molecule has 21 heteroatoms. The summed E-state index contributed by atoms with van der Waals surface area (Å²) in [5.74, 6) is -4.38. The number of nitrogens with zero attached hydrogens (tertiary/aromatic N) is 1. The smallest absolute Gasteiger partial charge is 0.404 e. The molecule has 9 N–H and O–H groups in total. The molecule has 0 spiro atoms. The lowest BCUT2D eigenvalue weighted by Crippen LogP contribution is -2.84. The second-order valence-electron chi connectivity index (χ2n) is 9.23. The van der Waals surface area contributed by atoms with Crippen LogP contribution in [-0.4, -0.2) is 94.6 Å². The van der Waals surface area contributed by atoms with Gasteiger partial charge in [-0.3, -0.25) is 28.4 Å². The highest BCUT2D eigenvalue weighted by Crippen LogP contribution is 2.61. The van der Waals surface area contributed by atoms with E-state index in [1.54, 1.807) is 17.5 Å². The van der Waals surface area contributed by atoms with Crippen molar-refractivity contribution in [3.8, 4) is 0 Å². The molecule has 2 aliphatic heterocycles. The maximum atomic E-state index is 13.5. The minimum Gasteiger partial charge on any atom is -0.477 e. The molecule has 0 aromatic carbocycles. The van der Waals surface area contributed by atoms with E-state index in [0.29, 0.717) is 4.88 Å². The van der Waals surface area contributed by atoms with Gasteiger partial charge in [0, 0.05) is 22.7 Å². The lowest BCUT2D eigenvalue weighted by molar-refractivity contribution is -0.165. The predicted molar refractivity (Wildman–Crippen MR) is 147 cm³/mol. The van der Waals surface area contributed by atoms with E-state index in [9.17, 15) is 57.8 Å². The van der Waals surface area contributed by atoms with E-state index < -0.39 is 80.0 Å². The third-order valence-electron chi connectivity index (χ3n) is 6.30. The topological polar surface area (TPSA) is 283 Å². The minimum atomic E-state index is -5.12. The Kier molecular flexibility index (Phi) is 10.7. The lowest BCUT2D eigenvalue weighted by atomic mass is 9.84. The highest BCUT2D eigenvalue weighted by Gasteiger charge is 2.69. The number of carbonyl (C=O) groups excluding carboxylic acids is 4. The van der Waals surface area contributed by atoms with Crippen molar-refractivity contribution in [2.45, 2.75) is 42.0 Å². The molecule has 2 atom stereocenters. The summed E-state index contributed by atoms with van der Waals surface area (Å²) in [4.78, 5) is 101. The van der Waals surface area contributed by atoms with Crippen molar-refractivity contribution in [3.05, 3.63) is 33.7 Å². The Morgan fingerprint density at radius 1 is 1.17 bits per heavy atom. The van der Waals surface area contributed by atoms with E-state index in [1.807, 2.05) is 0 Å². The summed E-state index contributed by atoms with van der Waals surface area (Å²) in [6.07, 6.45) is -2.03. The molecule has 42 heavy (non-hydrogen) atoms. The zero-order chi connectivity index (χ0) is 31.5. The lowest BCUT2D eigenvalue weighted by Gasteiger charge is -2.55. The molecule has 0 aliphatic carbocycles. The molecule has 3 heterocycles. The summed E-state index contributed by atoms with van der Waals surface area (Å²) >= 11 is 2.20. The van der Waals surface area contributed by atoms with Gasteiger partial charge in [-0.15, -0.1) is 23.1 Å². The number of hydrogen-bond acceptors (Lipinski definition) is 10. The van der Waals surface area contributed by atoms with Gasteiger partial charge in [0.05, 0.1) is 6.42 Å². The zero-order valence-corrected chi connectivity index (χ0v) is 25.0. The standard InChI is InChI=1S/C21H28N4O13P2S2/c22-20(31)38-9-11-10-42-19-21(18(30)25(19)15(11)16(27)28,24-13(26)8-12-4-3-7-41-12)17(29)23-6-2-1-5-14(39(32,33)34)40(35,36)37/h3-4,7,14,19H,1-2,5-6,8-10H2,(H2,22,31)(H,23,29)(H,24,26)(H,27,28)(H2,32,33,34)(H2,35,36,37)/t19-,21?/m1/s1. The van der Waals surface area contributed by atoms with Crippen molar-refractivity contribution >= 4 is 68.1 Å². The number of carbonyl (C=O) groups is 5. The molecule has 232 valence electrons. The van der Waals surface area contributed by atoms with Gasteiger partial charge in [0.25, 0.3) is 11.8 Å². The molecular weight excluding hydrogens is 642 g/mol. The Balaban J connectivity index is 1.79. The van der Waals surface area contributed by atoms with Crippen LogP contribution in [0.2, 0.25) is 0 Å². The van der Waals surface area contributed by atoms with Crippen LogP contribution in [0.3, 0.4) is 0 Å². The van der Waals surface area contributed by atoms with E-state index in [4.69, 9.17) is 5.73 Å². The van der Waals surface area contributed by atoms with E-state index in [2.05, 4.69) is 15.4 Å². The SMILES string of the molecule is NC(=O)OCC1=C(C(=O)O)N2C(=O)C(NC(=O)Cc3cccs3)(C(=O)NCCCCC(P(=O)(O)O)P(=O)(O)O)[C@H]2SC1. The first-order valence-electron chi connectivity index (χ1n) is 12.0. The quantitative estimate of drug-likeness (QED) is 0.0534. The Labute approximate surface area is 246 Å². The fourth-order valence-corrected chi connectivity index (χ4v) is 9.19. The Morgan fingerprint density at radius 3 is 2.38 bits per heavy atom. The number of ether oxygens (including phenoxy) is 1. The summed E-state index contributed by atoms with van der Waals surface area (Å²) in [5.41, 5.74) is 2.25. The van der Waals surface area contributed by atoms with E-state index in [1.165, 1.54) is 11.3 Å². The third-order valence-corrected chi connectivity index (χ3v) is 12.5. The average Bonchev–Trinajstić information content (AvgIpc) is 3.38. The predicted octanol–water partition coefficient (Wildman–Crippen LogP) is -0.537. The fourth-order valence-electron chi connectivity index (χ4n) is 4.43. The van der Waals surface area contributed by atoms with Crippen molar-refractivity contribution in [1.82, 2.24) is 15.5 Å². The molecule has 0 radical (unpaired) electrons. The molecule has 4 amide bonds. The number of nitrogens with one attached hydrogen (secondary N) is 2. The maximum absolute atomic E-state index is 13.5. The van der Waals surface area contributed by atoms with Crippen LogP contribution in [0.1, 0.15) is 24.1 Å². The number of unbranched alkanes of at least 4 members (excludes halogenated alkanes) is 1. The van der Waals surface area contributed by atoms with Crippen LogP contribution in [0.5, 0.6) is 0 Å². The van der Waals surface area contributed by atoms with Gasteiger partial charge in [-0.05, 0) is 24.3 Å².